The first-order chi connectivity index (χ1) is 16.9. The van der Waals surface area contributed by atoms with Gasteiger partial charge in [0.1, 0.15) is 5.75 Å². The molecule has 182 valence electrons. The lowest BCUT2D eigenvalue weighted by Crippen LogP contribution is -2.28. The number of hydrogen-bond donors (Lipinski definition) is 2. The van der Waals surface area contributed by atoms with Gasteiger partial charge in [0.25, 0.3) is 0 Å². The van der Waals surface area contributed by atoms with Crippen molar-refractivity contribution in [2.24, 2.45) is 5.92 Å². The molecule has 3 aromatic rings. The summed E-state index contributed by atoms with van der Waals surface area (Å²) < 4.78 is 5.10. The van der Waals surface area contributed by atoms with Crippen LogP contribution in [0, 0.1) is 5.92 Å². The molecule has 8 nitrogen and oxygen atoms in total. The van der Waals surface area contributed by atoms with Crippen molar-refractivity contribution in [3.05, 3.63) is 64.6 Å². The van der Waals surface area contributed by atoms with Crippen molar-refractivity contribution in [3.63, 3.8) is 0 Å². The minimum absolute atomic E-state index is 0.100. The zero-order valence-electron chi connectivity index (χ0n) is 18.8. The van der Waals surface area contributed by atoms with Crippen LogP contribution < -0.4 is 20.3 Å². The Kier molecular flexibility index (Phi) is 8.27. The lowest BCUT2D eigenvalue weighted by molar-refractivity contribution is -0.122. The van der Waals surface area contributed by atoms with Crippen molar-refractivity contribution in [1.29, 1.82) is 0 Å². The minimum Gasteiger partial charge on any atom is -0.497 e. The van der Waals surface area contributed by atoms with Gasteiger partial charge in [0.15, 0.2) is 5.13 Å². The third-order valence-electron chi connectivity index (χ3n) is 5.27. The number of benzene rings is 2. The molecule has 3 amide bonds. The van der Waals surface area contributed by atoms with Crippen LogP contribution in [0.5, 0.6) is 5.75 Å². The van der Waals surface area contributed by atoms with Crippen molar-refractivity contribution in [2.45, 2.75) is 12.2 Å². The zero-order valence-corrected chi connectivity index (χ0v) is 21.2. The summed E-state index contributed by atoms with van der Waals surface area (Å²) in [6.45, 7) is 0.309. The van der Waals surface area contributed by atoms with Crippen LogP contribution in [0.2, 0.25) is 5.02 Å². The summed E-state index contributed by atoms with van der Waals surface area (Å²) in [5, 5.41) is 8.57. The maximum absolute atomic E-state index is 12.7. The van der Waals surface area contributed by atoms with Gasteiger partial charge in [0.05, 0.1) is 24.5 Å². The van der Waals surface area contributed by atoms with E-state index in [0.717, 1.165) is 17.1 Å². The normalized spacial score (nSPS) is 15.2. The van der Waals surface area contributed by atoms with Crippen LogP contribution in [0.15, 0.2) is 53.9 Å². The highest BCUT2D eigenvalue weighted by Crippen LogP contribution is 2.28. The number of nitrogens with one attached hydrogen (secondary N) is 2. The molecule has 0 aliphatic carbocycles. The van der Waals surface area contributed by atoms with Crippen molar-refractivity contribution in [3.8, 4) is 5.75 Å². The maximum Gasteiger partial charge on any atom is 0.234 e. The van der Waals surface area contributed by atoms with Gasteiger partial charge in [-0.1, -0.05) is 11.6 Å². The van der Waals surface area contributed by atoms with E-state index in [4.69, 9.17) is 16.3 Å². The molecule has 2 heterocycles. The highest BCUT2D eigenvalue weighted by molar-refractivity contribution is 7.99. The largest absolute Gasteiger partial charge is 0.497 e. The molecule has 1 aromatic heterocycles. The fourth-order valence-electron chi connectivity index (χ4n) is 3.51. The molecule has 0 saturated carbocycles. The van der Waals surface area contributed by atoms with E-state index in [2.05, 4.69) is 15.6 Å². The number of halogens is 1. The average molecular weight is 531 g/mol. The van der Waals surface area contributed by atoms with Crippen LogP contribution in [0.1, 0.15) is 12.1 Å². The highest BCUT2D eigenvalue weighted by Gasteiger charge is 2.35. The second kappa shape index (κ2) is 11.6. The topological polar surface area (TPSA) is 101 Å². The van der Waals surface area contributed by atoms with Gasteiger partial charge in [0.2, 0.25) is 17.7 Å². The minimum atomic E-state index is -0.457. The molecule has 1 aliphatic rings. The molecule has 2 aromatic carbocycles. The number of thiazole rings is 1. The second-order valence-electron chi connectivity index (χ2n) is 7.78. The molecular weight excluding hydrogens is 508 g/mol. The number of nitrogens with zero attached hydrogens (tertiary/aromatic N) is 2. The summed E-state index contributed by atoms with van der Waals surface area (Å²) in [4.78, 5) is 43.3. The molecule has 2 N–H and O–H groups in total. The van der Waals surface area contributed by atoms with E-state index < -0.39 is 5.92 Å². The van der Waals surface area contributed by atoms with E-state index in [1.54, 1.807) is 60.5 Å². The molecule has 1 saturated heterocycles. The number of methoxy groups -OCH3 is 1. The molecule has 1 fully saturated rings. The van der Waals surface area contributed by atoms with E-state index in [0.29, 0.717) is 28.1 Å². The number of anilines is 3. The Labute approximate surface area is 216 Å². The van der Waals surface area contributed by atoms with Crippen LogP contribution in [0.4, 0.5) is 16.5 Å². The number of rotatable bonds is 9. The van der Waals surface area contributed by atoms with Crippen LogP contribution in [0.25, 0.3) is 0 Å². The molecular formula is C24H23ClN4O4S2. The Balaban J connectivity index is 1.22. The fourth-order valence-corrected chi connectivity index (χ4v) is 5.17. The van der Waals surface area contributed by atoms with Crippen LogP contribution in [0.3, 0.4) is 0 Å². The van der Waals surface area contributed by atoms with Gasteiger partial charge >= 0.3 is 0 Å². The van der Waals surface area contributed by atoms with Crippen molar-refractivity contribution in [2.75, 3.05) is 34.9 Å². The number of amides is 3. The fraction of sp³-hybridized carbons (Fsp3) is 0.250. The Bertz CT molecular complexity index is 1200. The number of hydrogen-bond acceptors (Lipinski definition) is 7. The van der Waals surface area contributed by atoms with Crippen molar-refractivity contribution in [1.82, 2.24) is 4.98 Å². The Morgan fingerprint density at radius 1 is 1.17 bits per heavy atom. The molecule has 0 radical (unpaired) electrons. The van der Waals surface area contributed by atoms with E-state index in [-0.39, 0.29) is 29.9 Å². The van der Waals surface area contributed by atoms with E-state index in [9.17, 15) is 14.4 Å². The van der Waals surface area contributed by atoms with Crippen molar-refractivity contribution >= 4 is 68.9 Å². The van der Waals surface area contributed by atoms with Gasteiger partial charge in [-0.05, 0) is 48.5 Å². The van der Waals surface area contributed by atoms with Crippen LogP contribution in [-0.4, -0.2) is 42.1 Å². The van der Waals surface area contributed by atoms with Crippen LogP contribution >= 0.6 is 34.7 Å². The maximum atomic E-state index is 12.7. The van der Waals surface area contributed by atoms with Gasteiger partial charge < -0.3 is 20.3 Å². The number of carbonyl (C=O) groups is 3. The molecule has 4 rings (SSSR count). The third kappa shape index (κ3) is 6.74. The smallest absolute Gasteiger partial charge is 0.234 e. The standard InChI is InChI=1S/C24H23ClN4O4S2/c1-33-20-8-4-17(5-9-20)26-21(30)14-34-12-18-13-35-24(27-18)28-23(32)15-10-22(31)29(11-15)19-6-2-16(25)3-7-19/h2-9,13,15H,10-12,14H2,1H3,(H,26,30)(H,27,28,32). The SMILES string of the molecule is COc1ccc(NC(=O)CSCc2csc(NC(=O)C3CC(=O)N(c4ccc(Cl)cc4)C3)n2)cc1. The predicted molar refractivity (Wildman–Crippen MR) is 140 cm³/mol. The molecule has 1 atom stereocenters. The number of ether oxygens (including phenoxy) is 1. The number of thioether (sulfide) groups is 1. The molecule has 0 bridgehead atoms. The van der Waals surface area contributed by atoms with Gasteiger partial charge in [-0.15, -0.1) is 23.1 Å². The van der Waals surface area contributed by atoms with Gasteiger partial charge in [0, 0.05) is 40.5 Å². The lowest BCUT2D eigenvalue weighted by atomic mass is 10.1. The molecule has 11 heteroatoms. The summed E-state index contributed by atoms with van der Waals surface area (Å²) in [5.74, 6) is 0.632. The molecule has 35 heavy (non-hydrogen) atoms. The Hall–Kier alpha value is -3.08. The van der Waals surface area contributed by atoms with Gasteiger partial charge in [-0.3, -0.25) is 14.4 Å². The Morgan fingerprint density at radius 2 is 1.91 bits per heavy atom. The number of aromatic nitrogens is 1. The van der Waals surface area contributed by atoms with Gasteiger partial charge in [-0.25, -0.2) is 4.98 Å². The molecule has 1 aliphatic heterocycles. The number of carbonyl (C=O) groups excluding carboxylic acids is 3. The molecule has 1 unspecified atom stereocenters. The van der Waals surface area contributed by atoms with Crippen molar-refractivity contribution < 1.29 is 19.1 Å². The first-order valence-electron chi connectivity index (χ1n) is 10.7. The van der Waals surface area contributed by atoms with E-state index in [1.165, 1.54) is 23.1 Å². The Morgan fingerprint density at radius 3 is 2.63 bits per heavy atom. The summed E-state index contributed by atoms with van der Waals surface area (Å²) >= 11 is 8.67. The summed E-state index contributed by atoms with van der Waals surface area (Å²) in [6.07, 6.45) is 0.145. The average Bonchev–Trinajstić information content (AvgIpc) is 3.46. The monoisotopic (exact) mass is 530 g/mol. The lowest BCUT2D eigenvalue weighted by Gasteiger charge is -2.16. The van der Waals surface area contributed by atoms with Crippen LogP contribution in [-0.2, 0) is 20.1 Å². The van der Waals surface area contributed by atoms with E-state index >= 15 is 0 Å². The van der Waals surface area contributed by atoms with E-state index in [1.807, 2.05) is 5.38 Å². The molecule has 0 spiro atoms. The second-order valence-corrected chi connectivity index (χ2v) is 10.1. The first kappa shape index (κ1) is 25.0. The summed E-state index contributed by atoms with van der Waals surface area (Å²) in [6, 6.07) is 14.1. The zero-order chi connectivity index (χ0) is 24.8. The third-order valence-corrected chi connectivity index (χ3v) is 7.30. The first-order valence-corrected chi connectivity index (χ1v) is 13.2. The van der Waals surface area contributed by atoms with Gasteiger partial charge in [-0.2, -0.15) is 0 Å². The summed E-state index contributed by atoms with van der Waals surface area (Å²) in [5.41, 5.74) is 2.20. The highest BCUT2D eigenvalue weighted by atomic mass is 35.5. The predicted octanol–water partition coefficient (Wildman–Crippen LogP) is 4.67. The quantitative estimate of drug-likeness (QED) is 0.417. The summed E-state index contributed by atoms with van der Waals surface area (Å²) in [7, 11) is 1.59.